The van der Waals surface area contributed by atoms with Gasteiger partial charge in [0.05, 0.1) is 12.2 Å². The van der Waals surface area contributed by atoms with Crippen LogP contribution in [0.3, 0.4) is 0 Å². The van der Waals surface area contributed by atoms with Crippen LogP contribution in [-0.4, -0.2) is 24.8 Å². The van der Waals surface area contributed by atoms with Crippen LogP contribution >= 0.6 is 0 Å². The Morgan fingerprint density at radius 3 is 2.44 bits per heavy atom. The molecular weight excluding hydrogens is 336 g/mol. The SMILES string of the molecule is CCOC(=O)/C=C1/C=C(CC(CC)CC(CC)C(C)(CC)OCC)CCC1. The minimum atomic E-state index is -0.210. The summed E-state index contributed by atoms with van der Waals surface area (Å²) in [5, 5.41) is 0. The van der Waals surface area contributed by atoms with E-state index in [1.54, 1.807) is 6.08 Å². The molecule has 0 aromatic heterocycles. The Morgan fingerprint density at radius 1 is 1.15 bits per heavy atom. The number of ether oxygens (including phenoxy) is 2. The van der Waals surface area contributed by atoms with Crippen LogP contribution < -0.4 is 0 Å². The van der Waals surface area contributed by atoms with Gasteiger partial charge in [0.1, 0.15) is 0 Å². The minimum absolute atomic E-state index is 0.0210. The zero-order valence-corrected chi connectivity index (χ0v) is 18.6. The molecule has 0 saturated carbocycles. The third kappa shape index (κ3) is 7.81. The lowest BCUT2D eigenvalue weighted by Gasteiger charge is -2.38. The van der Waals surface area contributed by atoms with Gasteiger partial charge in [-0.15, -0.1) is 0 Å². The summed E-state index contributed by atoms with van der Waals surface area (Å²) in [5.74, 6) is 1.05. The van der Waals surface area contributed by atoms with Crippen LogP contribution in [0.4, 0.5) is 0 Å². The lowest BCUT2D eigenvalue weighted by Crippen LogP contribution is -2.38. The number of rotatable bonds is 12. The third-order valence-corrected chi connectivity index (χ3v) is 6.22. The Balaban J connectivity index is 2.81. The molecular formula is C24H42O3. The van der Waals surface area contributed by atoms with E-state index < -0.39 is 0 Å². The minimum Gasteiger partial charge on any atom is -0.463 e. The second-order valence-corrected chi connectivity index (χ2v) is 8.05. The van der Waals surface area contributed by atoms with Gasteiger partial charge in [-0.25, -0.2) is 4.79 Å². The molecule has 0 aliphatic heterocycles. The number of hydrogen-bond donors (Lipinski definition) is 0. The van der Waals surface area contributed by atoms with Gasteiger partial charge in [0.15, 0.2) is 0 Å². The van der Waals surface area contributed by atoms with Crippen LogP contribution in [0.25, 0.3) is 0 Å². The van der Waals surface area contributed by atoms with Crippen LogP contribution in [0.15, 0.2) is 23.3 Å². The van der Waals surface area contributed by atoms with Crippen molar-refractivity contribution in [3.8, 4) is 0 Å². The molecule has 0 aromatic carbocycles. The van der Waals surface area contributed by atoms with Gasteiger partial charge in [-0.1, -0.05) is 45.3 Å². The maximum absolute atomic E-state index is 11.7. The lowest BCUT2D eigenvalue weighted by atomic mass is 9.75. The first-order chi connectivity index (χ1) is 12.9. The van der Waals surface area contributed by atoms with Gasteiger partial charge < -0.3 is 9.47 Å². The van der Waals surface area contributed by atoms with Crippen molar-refractivity contribution in [1.29, 1.82) is 0 Å². The maximum atomic E-state index is 11.7. The number of allylic oxidation sites excluding steroid dienone is 3. The van der Waals surface area contributed by atoms with Crippen LogP contribution in [0, 0.1) is 11.8 Å². The largest absolute Gasteiger partial charge is 0.463 e. The highest BCUT2D eigenvalue weighted by Crippen LogP contribution is 2.37. The summed E-state index contributed by atoms with van der Waals surface area (Å²) in [7, 11) is 0. The molecule has 0 aromatic rings. The van der Waals surface area contributed by atoms with Gasteiger partial charge in [-0.05, 0) is 76.7 Å². The van der Waals surface area contributed by atoms with Crippen LogP contribution in [0.2, 0.25) is 0 Å². The smallest absolute Gasteiger partial charge is 0.331 e. The summed E-state index contributed by atoms with van der Waals surface area (Å²) in [6.07, 6.45) is 13.0. The molecule has 0 bridgehead atoms. The first-order valence-electron chi connectivity index (χ1n) is 11.1. The van der Waals surface area contributed by atoms with E-state index in [1.807, 2.05) is 6.92 Å². The van der Waals surface area contributed by atoms with Crippen LogP contribution in [-0.2, 0) is 14.3 Å². The highest BCUT2D eigenvalue weighted by Gasteiger charge is 2.33. The normalized spacial score (nSPS) is 20.7. The number of hydrogen-bond acceptors (Lipinski definition) is 3. The molecule has 0 N–H and O–H groups in total. The Morgan fingerprint density at radius 2 is 1.89 bits per heavy atom. The summed E-state index contributed by atoms with van der Waals surface area (Å²) in [6, 6.07) is 0. The predicted octanol–water partition coefficient (Wildman–Crippen LogP) is 6.62. The summed E-state index contributed by atoms with van der Waals surface area (Å²) < 4.78 is 11.2. The topological polar surface area (TPSA) is 35.5 Å². The van der Waals surface area contributed by atoms with Gasteiger partial charge in [-0.2, -0.15) is 0 Å². The molecule has 1 aliphatic carbocycles. The van der Waals surface area contributed by atoms with E-state index in [0.29, 0.717) is 18.4 Å². The van der Waals surface area contributed by atoms with Crippen molar-refractivity contribution < 1.29 is 14.3 Å². The van der Waals surface area contributed by atoms with E-state index in [1.165, 1.54) is 18.4 Å². The molecule has 1 aliphatic rings. The van der Waals surface area contributed by atoms with Gasteiger partial charge in [0.25, 0.3) is 0 Å². The summed E-state index contributed by atoms with van der Waals surface area (Å²) >= 11 is 0. The maximum Gasteiger partial charge on any atom is 0.331 e. The van der Waals surface area contributed by atoms with Crippen LogP contribution in [0.1, 0.15) is 92.9 Å². The molecule has 3 nitrogen and oxygen atoms in total. The molecule has 1 rings (SSSR count). The number of carbonyl (C=O) groups is 1. The van der Waals surface area contributed by atoms with Crippen molar-refractivity contribution in [1.82, 2.24) is 0 Å². The second-order valence-electron chi connectivity index (χ2n) is 8.05. The Hall–Kier alpha value is -1.09. The molecule has 27 heavy (non-hydrogen) atoms. The molecule has 3 heteroatoms. The van der Waals surface area contributed by atoms with E-state index in [9.17, 15) is 4.79 Å². The van der Waals surface area contributed by atoms with Crippen molar-refractivity contribution in [3.63, 3.8) is 0 Å². The van der Waals surface area contributed by atoms with E-state index in [2.05, 4.69) is 40.7 Å². The van der Waals surface area contributed by atoms with Crippen molar-refractivity contribution in [2.45, 2.75) is 98.5 Å². The Bertz CT molecular complexity index is 506. The quantitative estimate of drug-likeness (QED) is 0.282. The highest BCUT2D eigenvalue weighted by molar-refractivity contribution is 5.83. The van der Waals surface area contributed by atoms with E-state index >= 15 is 0 Å². The zero-order valence-electron chi connectivity index (χ0n) is 18.6. The first-order valence-corrected chi connectivity index (χ1v) is 11.1. The first kappa shape index (κ1) is 23.9. The van der Waals surface area contributed by atoms with Gasteiger partial charge >= 0.3 is 5.97 Å². The van der Waals surface area contributed by atoms with E-state index in [-0.39, 0.29) is 11.6 Å². The van der Waals surface area contributed by atoms with Crippen molar-refractivity contribution >= 4 is 5.97 Å². The average molecular weight is 379 g/mol. The van der Waals surface area contributed by atoms with Gasteiger partial charge in [0, 0.05) is 12.7 Å². The summed E-state index contributed by atoms with van der Waals surface area (Å²) in [4.78, 5) is 11.7. The molecule has 156 valence electrons. The standard InChI is InChI=1S/C24H42O3/c1-7-19(17-22(8-2)24(6,9-3)27-11-5)15-20-13-12-14-21(16-20)18-23(25)26-10-4/h16,18-19,22H,7-15,17H2,1-6H3/b21-18+. The monoisotopic (exact) mass is 378 g/mol. The number of carbonyl (C=O) groups excluding carboxylic acids is 1. The third-order valence-electron chi connectivity index (χ3n) is 6.22. The number of esters is 1. The molecule has 0 fully saturated rings. The fourth-order valence-electron chi connectivity index (χ4n) is 4.39. The molecule has 0 radical (unpaired) electrons. The molecule has 3 atom stereocenters. The molecule has 0 spiro atoms. The van der Waals surface area contributed by atoms with E-state index in [0.717, 1.165) is 50.7 Å². The van der Waals surface area contributed by atoms with E-state index in [4.69, 9.17) is 9.47 Å². The molecule has 3 unspecified atom stereocenters. The zero-order chi connectivity index (χ0) is 20.3. The Kier molecular flexibility index (Phi) is 11.0. The van der Waals surface area contributed by atoms with Gasteiger partial charge in [0.2, 0.25) is 0 Å². The lowest BCUT2D eigenvalue weighted by molar-refractivity contribution is -0.137. The Labute approximate surface area is 167 Å². The fraction of sp³-hybridized carbons (Fsp3) is 0.792. The fourth-order valence-corrected chi connectivity index (χ4v) is 4.39. The van der Waals surface area contributed by atoms with Crippen LogP contribution in [0.5, 0.6) is 0 Å². The van der Waals surface area contributed by atoms with Crippen molar-refractivity contribution in [2.75, 3.05) is 13.2 Å². The second kappa shape index (κ2) is 12.4. The molecule has 0 saturated heterocycles. The predicted molar refractivity (Wildman–Crippen MR) is 114 cm³/mol. The molecule has 0 heterocycles. The van der Waals surface area contributed by atoms with Crippen molar-refractivity contribution in [2.24, 2.45) is 11.8 Å². The van der Waals surface area contributed by atoms with Crippen molar-refractivity contribution in [3.05, 3.63) is 23.3 Å². The summed E-state index contributed by atoms with van der Waals surface area (Å²) in [5.41, 5.74) is 2.60. The average Bonchev–Trinajstić information content (AvgIpc) is 2.65. The molecule has 0 amide bonds. The van der Waals surface area contributed by atoms with Gasteiger partial charge in [-0.3, -0.25) is 0 Å². The summed E-state index contributed by atoms with van der Waals surface area (Å²) in [6.45, 7) is 14.3. The highest BCUT2D eigenvalue weighted by atomic mass is 16.5.